The van der Waals surface area contributed by atoms with E-state index < -0.39 is 0 Å². The smallest absolute Gasteiger partial charge is 0.292 e. The van der Waals surface area contributed by atoms with Crippen LogP contribution in [0.15, 0.2) is 18.2 Å². The number of morpholine rings is 1. The monoisotopic (exact) mass is 277 g/mol. The molecule has 0 spiro atoms. The minimum atomic E-state index is -0.293. The summed E-state index contributed by atoms with van der Waals surface area (Å²) in [5.74, 6) is 0. The third kappa shape index (κ3) is 2.56. The average Bonchev–Trinajstić information content (AvgIpc) is 3.02. The zero-order valence-electron chi connectivity index (χ0n) is 11.5. The fraction of sp³-hybridized carbons (Fsp3) is 0.571. The fourth-order valence-corrected chi connectivity index (χ4v) is 2.90. The molecule has 6 nitrogen and oxygen atoms in total. The fourth-order valence-electron chi connectivity index (χ4n) is 2.90. The van der Waals surface area contributed by atoms with Crippen LogP contribution in [-0.2, 0) is 4.74 Å². The van der Waals surface area contributed by atoms with Crippen molar-refractivity contribution < 1.29 is 9.66 Å². The molecular weight excluding hydrogens is 258 g/mol. The molecule has 0 radical (unpaired) electrons. The van der Waals surface area contributed by atoms with Crippen LogP contribution in [0.4, 0.5) is 17.1 Å². The van der Waals surface area contributed by atoms with Crippen molar-refractivity contribution >= 4 is 17.1 Å². The molecule has 0 atom stereocenters. The van der Waals surface area contributed by atoms with Crippen LogP contribution >= 0.6 is 0 Å². The molecule has 0 unspecified atom stereocenters. The lowest BCUT2D eigenvalue weighted by atomic mass is 10.2. The Bertz CT molecular complexity index is 494. The maximum absolute atomic E-state index is 11.2. The van der Waals surface area contributed by atoms with Crippen LogP contribution in [0.25, 0.3) is 0 Å². The zero-order valence-corrected chi connectivity index (χ0v) is 11.5. The van der Waals surface area contributed by atoms with Gasteiger partial charge in [-0.1, -0.05) is 0 Å². The van der Waals surface area contributed by atoms with Gasteiger partial charge in [-0.25, -0.2) is 0 Å². The standard InChI is InChI=1S/C14H19N3O3/c18-17(19)13-4-3-12(15-5-1-2-6-15)11-14(13)16-7-9-20-10-8-16/h3-4,11H,1-2,5-10H2. The number of ether oxygens (including phenoxy) is 1. The van der Waals surface area contributed by atoms with Gasteiger partial charge in [0.2, 0.25) is 0 Å². The van der Waals surface area contributed by atoms with E-state index in [2.05, 4.69) is 9.80 Å². The highest BCUT2D eigenvalue weighted by Gasteiger charge is 2.23. The third-order valence-electron chi connectivity index (χ3n) is 3.98. The molecule has 2 heterocycles. The lowest BCUT2D eigenvalue weighted by Crippen LogP contribution is -2.36. The summed E-state index contributed by atoms with van der Waals surface area (Å²) in [6, 6.07) is 5.47. The van der Waals surface area contributed by atoms with Crippen molar-refractivity contribution in [1.29, 1.82) is 0 Å². The van der Waals surface area contributed by atoms with E-state index in [-0.39, 0.29) is 10.6 Å². The molecule has 2 aliphatic rings. The van der Waals surface area contributed by atoms with Gasteiger partial charge >= 0.3 is 0 Å². The maximum Gasteiger partial charge on any atom is 0.292 e. The lowest BCUT2D eigenvalue weighted by molar-refractivity contribution is -0.384. The Morgan fingerprint density at radius 3 is 2.40 bits per heavy atom. The van der Waals surface area contributed by atoms with Crippen molar-refractivity contribution in [2.24, 2.45) is 0 Å². The number of nitro groups is 1. The Morgan fingerprint density at radius 1 is 1.05 bits per heavy atom. The van der Waals surface area contributed by atoms with Gasteiger partial charge in [0.25, 0.3) is 5.69 Å². The lowest BCUT2D eigenvalue weighted by Gasteiger charge is -2.29. The molecule has 0 bridgehead atoms. The van der Waals surface area contributed by atoms with Crippen molar-refractivity contribution in [1.82, 2.24) is 0 Å². The molecule has 2 saturated heterocycles. The van der Waals surface area contributed by atoms with Gasteiger partial charge in [-0.3, -0.25) is 10.1 Å². The number of nitrogens with zero attached hydrogens (tertiary/aromatic N) is 3. The van der Waals surface area contributed by atoms with Gasteiger partial charge in [-0.05, 0) is 25.0 Å². The summed E-state index contributed by atoms with van der Waals surface area (Å²) in [5, 5.41) is 11.2. The highest BCUT2D eigenvalue weighted by molar-refractivity contribution is 5.70. The van der Waals surface area contributed by atoms with Gasteiger partial charge in [0.1, 0.15) is 5.69 Å². The van der Waals surface area contributed by atoms with Crippen molar-refractivity contribution in [2.75, 3.05) is 49.2 Å². The zero-order chi connectivity index (χ0) is 13.9. The molecule has 0 amide bonds. The molecule has 1 aromatic carbocycles. The van der Waals surface area contributed by atoms with Crippen molar-refractivity contribution in [3.05, 3.63) is 28.3 Å². The van der Waals surface area contributed by atoms with Gasteiger partial charge in [0.15, 0.2) is 0 Å². The first-order chi connectivity index (χ1) is 9.75. The molecule has 6 heteroatoms. The van der Waals surface area contributed by atoms with E-state index in [0.29, 0.717) is 26.3 Å². The number of hydrogen-bond donors (Lipinski definition) is 0. The quantitative estimate of drug-likeness (QED) is 0.625. The van der Waals surface area contributed by atoms with Crippen molar-refractivity contribution in [3.8, 4) is 0 Å². The summed E-state index contributed by atoms with van der Waals surface area (Å²) in [6.45, 7) is 4.77. The predicted octanol–water partition coefficient (Wildman–Crippen LogP) is 2.03. The van der Waals surface area contributed by atoms with E-state index in [1.165, 1.54) is 12.8 Å². The van der Waals surface area contributed by atoms with Crippen LogP contribution in [-0.4, -0.2) is 44.3 Å². The topological polar surface area (TPSA) is 58.9 Å². The molecule has 1 aromatic rings. The van der Waals surface area contributed by atoms with Crippen LogP contribution in [0, 0.1) is 10.1 Å². The molecule has 0 N–H and O–H groups in total. The van der Waals surface area contributed by atoms with Crippen LogP contribution in [0.2, 0.25) is 0 Å². The summed E-state index contributed by atoms with van der Waals surface area (Å²) in [4.78, 5) is 15.3. The van der Waals surface area contributed by atoms with Crippen LogP contribution in [0.5, 0.6) is 0 Å². The second-order valence-corrected chi connectivity index (χ2v) is 5.22. The highest BCUT2D eigenvalue weighted by Crippen LogP contribution is 2.34. The molecule has 3 rings (SSSR count). The summed E-state index contributed by atoms with van der Waals surface area (Å²) in [6.07, 6.45) is 2.40. The normalized spacial score (nSPS) is 19.4. The van der Waals surface area contributed by atoms with Crippen molar-refractivity contribution in [2.45, 2.75) is 12.8 Å². The minimum absolute atomic E-state index is 0.190. The number of benzene rings is 1. The third-order valence-corrected chi connectivity index (χ3v) is 3.98. The Hall–Kier alpha value is -1.82. The molecule has 108 valence electrons. The summed E-state index contributed by atoms with van der Waals surface area (Å²) in [7, 11) is 0. The SMILES string of the molecule is O=[N+]([O-])c1ccc(N2CCCC2)cc1N1CCOCC1. The van der Waals surface area contributed by atoms with Crippen LogP contribution < -0.4 is 9.80 Å². The maximum atomic E-state index is 11.2. The summed E-state index contributed by atoms with van der Waals surface area (Å²) >= 11 is 0. The van der Waals surface area contributed by atoms with Crippen LogP contribution in [0.3, 0.4) is 0 Å². The van der Waals surface area contributed by atoms with E-state index in [1.54, 1.807) is 6.07 Å². The van der Waals surface area contributed by atoms with Gasteiger partial charge in [-0.2, -0.15) is 0 Å². The Labute approximate surface area is 118 Å². The molecular formula is C14H19N3O3. The molecule has 2 fully saturated rings. The predicted molar refractivity (Wildman–Crippen MR) is 77.6 cm³/mol. The molecule has 20 heavy (non-hydrogen) atoms. The van der Waals surface area contributed by atoms with Crippen molar-refractivity contribution in [3.63, 3.8) is 0 Å². The van der Waals surface area contributed by atoms with Gasteiger partial charge < -0.3 is 14.5 Å². The first-order valence-electron chi connectivity index (χ1n) is 7.12. The van der Waals surface area contributed by atoms with E-state index in [9.17, 15) is 10.1 Å². The van der Waals surface area contributed by atoms with Gasteiger partial charge in [0.05, 0.1) is 18.1 Å². The largest absolute Gasteiger partial charge is 0.378 e. The molecule has 0 saturated carbocycles. The highest BCUT2D eigenvalue weighted by atomic mass is 16.6. The number of nitro benzene ring substituents is 1. The van der Waals surface area contributed by atoms with E-state index in [4.69, 9.17) is 4.74 Å². The number of rotatable bonds is 3. The molecule has 2 aliphatic heterocycles. The van der Waals surface area contributed by atoms with E-state index in [1.807, 2.05) is 12.1 Å². The van der Waals surface area contributed by atoms with Gasteiger partial charge in [0, 0.05) is 37.9 Å². The Kier molecular flexibility index (Phi) is 3.73. The first-order valence-corrected chi connectivity index (χ1v) is 7.12. The Balaban J connectivity index is 1.93. The molecule has 0 aromatic heterocycles. The number of anilines is 2. The average molecular weight is 277 g/mol. The molecule has 0 aliphatic carbocycles. The second-order valence-electron chi connectivity index (χ2n) is 5.22. The van der Waals surface area contributed by atoms with E-state index in [0.717, 1.165) is 24.5 Å². The number of hydrogen-bond acceptors (Lipinski definition) is 5. The minimum Gasteiger partial charge on any atom is -0.378 e. The second kappa shape index (κ2) is 5.66. The summed E-state index contributed by atoms with van der Waals surface area (Å²) in [5.41, 5.74) is 2.01. The Morgan fingerprint density at radius 2 is 1.75 bits per heavy atom. The van der Waals surface area contributed by atoms with Gasteiger partial charge in [-0.15, -0.1) is 0 Å². The van der Waals surface area contributed by atoms with E-state index >= 15 is 0 Å². The summed E-state index contributed by atoms with van der Waals surface area (Å²) < 4.78 is 5.33. The first kappa shape index (κ1) is 13.2. The van der Waals surface area contributed by atoms with Crippen LogP contribution in [0.1, 0.15) is 12.8 Å².